The fourth-order valence-corrected chi connectivity index (χ4v) is 6.44. The van der Waals surface area contributed by atoms with Crippen molar-refractivity contribution in [3.8, 4) is 28.4 Å². The zero-order valence-corrected chi connectivity index (χ0v) is 24.6. The minimum atomic E-state index is -5.17. The van der Waals surface area contributed by atoms with Crippen LogP contribution in [-0.4, -0.2) is 54.9 Å². The normalized spacial score (nSPS) is 20.1. The van der Waals surface area contributed by atoms with Crippen molar-refractivity contribution >= 4 is 23.5 Å². The van der Waals surface area contributed by atoms with Gasteiger partial charge in [0.2, 0.25) is 5.91 Å². The lowest BCUT2D eigenvalue weighted by Crippen LogP contribution is -2.44. The SMILES string of the molecule is Cc1cc(OC[C@@H]2CCC(=O)N2)cc(C)c1-c1cccc2c1OC[C@H]2N(C(=O)C(F)(F)F)c1ccc2c(c1)OC[C@H]2CC(=O)O. The number of ether oxygens (including phenoxy) is 3. The molecule has 1 fully saturated rings. The van der Waals surface area contributed by atoms with E-state index in [9.17, 15) is 32.7 Å². The zero-order chi connectivity index (χ0) is 32.0. The van der Waals surface area contributed by atoms with Gasteiger partial charge in [0.1, 0.15) is 30.5 Å². The minimum absolute atomic E-state index is 0.00642. The van der Waals surface area contributed by atoms with Gasteiger partial charge in [-0.1, -0.05) is 24.3 Å². The lowest BCUT2D eigenvalue weighted by atomic mass is 9.92. The molecule has 3 aromatic carbocycles. The third kappa shape index (κ3) is 5.88. The van der Waals surface area contributed by atoms with Crippen molar-refractivity contribution < 1.29 is 46.9 Å². The molecule has 0 radical (unpaired) electrons. The van der Waals surface area contributed by atoms with E-state index in [4.69, 9.17) is 14.2 Å². The van der Waals surface area contributed by atoms with Crippen LogP contribution >= 0.6 is 0 Å². The van der Waals surface area contributed by atoms with Crippen molar-refractivity contribution in [3.63, 3.8) is 0 Å². The number of carbonyl (C=O) groups excluding carboxylic acids is 2. The van der Waals surface area contributed by atoms with Crippen LogP contribution in [0.2, 0.25) is 0 Å². The molecule has 0 aliphatic carbocycles. The van der Waals surface area contributed by atoms with Crippen molar-refractivity contribution in [3.05, 3.63) is 70.8 Å². The van der Waals surface area contributed by atoms with Gasteiger partial charge < -0.3 is 24.6 Å². The highest BCUT2D eigenvalue weighted by Crippen LogP contribution is 2.48. The van der Waals surface area contributed by atoms with Crippen LogP contribution in [0.15, 0.2) is 48.5 Å². The van der Waals surface area contributed by atoms with Crippen LogP contribution < -0.4 is 24.4 Å². The summed E-state index contributed by atoms with van der Waals surface area (Å²) in [7, 11) is 0. The molecule has 6 rings (SSSR count). The highest BCUT2D eigenvalue weighted by Gasteiger charge is 2.48. The number of aryl methyl sites for hydroxylation is 2. The number of para-hydroxylation sites is 1. The monoisotopic (exact) mass is 624 g/mol. The number of carboxylic acids is 1. The molecule has 0 spiro atoms. The van der Waals surface area contributed by atoms with Crippen LogP contribution in [0.25, 0.3) is 11.1 Å². The number of nitrogens with zero attached hydrogens (tertiary/aromatic N) is 1. The smallest absolute Gasteiger partial charge is 0.471 e. The number of alkyl halides is 3. The number of carbonyl (C=O) groups is 3. The summed E-state index contributed by atoms with van der Waals surface area (Å²) in [5.74, 6) is -2.24. The molecule has 3 aliphatic heterocycles. The Hall–Kier alpha value is -4.74. The molecule has 0 aromatic heterocycles. The minimum Gasteiger partial charge on any atom is -0.493 e. The number of benzene rings is 3. The van der Waals surface area contributed by atoms with E-state index in [1.807, 2.05) is 32.0 Å². The van der Waals surface area contributed by atoms with Crippen LogP contribution in [0.5, 0.6) is 17.2 Å². The molecule has 9 nitrogen and oxygen atoms in total. The lowest BCUT2D eigenvalue weighted by Gasteiger charge is -2.29. The average molecular weight is 625 g/mol. The van der Waals surface area contributed by atoms with Gasteiger partial charge in [-0.2, -0.15) is 13.2 Å². The Morgan fingerprint density at radius 3 is 2.47 bits per heavy atom. The Kier molecular flexibility index (Phi) is 7.84. The van der Waals surface area contributed by atoms with Crippen molar-refractivity contribution in [2.45, 2.75) is 57.3 Å². The maximum absolute atomic E-state index is 14.0. The maximum Gasteiger partial charge on any atom is 0.471 e. The van der Waals surface area contributed by atoms with Gasteiger partial charge >= 0.3 is 18.1 Å². The average Bonchev–Trinajstić information content (AvgIpc) is 3.70. The van der Waals surface area contributed by atoms with Crippen molar-refractivity contribution in [2.75, 3.05) is 24.7 Å². The molecule has 1 saturated heterocycles. The van der Waals surface area contributed by atoms with Crippen LogP contribution in [0, 0.1) is 13.8 Å². The molecule has 12 heteroatoms. The highest BCUT2D eigenvalue weighted by atomic mass is 19.4. The third-order valence-electron chi connectivity index (χ3n) is 8.45. The number of amides is 2. The van der Waals surface area contributed by atoms with Gasteiger partial charge in [0, 0.05) is 40.8 Å². The Morgan fingerprint density at radius 2 is 1.80 bits per heavy atom. The first-order chi connectivity index (χ1) is 21.4. The molecule has 2 amide bonds. The molecule has 3 aliphatic rings. The number of anilines is 1. The lowest BCUT2D eigenvalue weighted by molar-refractivity contribution is -0.171. The van der Waals surface area contributed by atoms with Crippen molar-refractivity contribution in [2.24, 2.45) is 0 Å². The van der Waals surface area contributed by atoms with E-state index in [1.54, 1.807) is 12.1 Å². The Bertz CT molecular complexity index is 1670. The molecule has 0 unspecified atom stereocenters. The van der Waals surface area contributed by atoms with Crippen LogP contribution in [0.3, 0.4) is 0 Å². The molecule has 3 heterocycles. The number of rotatable bonds is 8. The second-order valence-corrected chi connectivity index (χ2v) is 11.6. The summed E-state index contributed by atoms with van der Waals surface area (Å²) in [5.41, 5.74) is 4.17. The van der Waals surface area contributed by atoms with E-state index in [-0.39, 0.29) is 43.0 Å². The standard InChI is InChI=1S/C33H31F3N2O7/c1-17-10-22(43-15-20-6-9-28(39)37-20)11-18(2)30(17)25-5-3-4-24-26(16-45-31(24)25)38(32(42)33(34,35)36)21-7-8-23-19(12-29(40)41)14-44-27(23)13-21/h3-5,7-8,10-11,13,19-20,26H,6,9,12,14-16H2,1-2H3,(H,37,39)(H,40,41)/t19-,20+,26-/m1/s1. The van der Waals surface area contributed by atoms with Crippen LogP contribution in [-0.2, 0) is 14.4 Å². The van der Waals surface area contributed by atoms with Crippen LogP contribution in [0.1, 0.15) is 53.5 Å². The second-order valence-electron chi connectivity index (χ2n) is 11.6. The number of fused-ring (bicyclic) bond motifs is 2. The molecule has 236 valence electrons. The topological polar surface area (TPSA) is 114 Å². The number of nitrogens with one attached hydrogen (secondary N) is 1. The molecular formula is C33H31F3N2O7. The van der Waals surface area contributed by atoms with Gasteiger partial charge in [-0.15, -0.1) is 0 Å². The Labute approximate surface area is 256 Å². The van der Waals surface area contributed by atoms with E-state index in [0.29, 0.717) is 52.5 Å². The molecule has 0 bridgehead atoms. The molecule has 3 aromatic rings. The van der Waals surface area contributed by atoms with E-state index in [0.717, 1.165) is 16.7 Å². The second kappa shape index (κ2) is 11.6. The first-order valence-electron chi connectivity index (χ1n) is 14.6. The first kappa shape index (κ1) is 30.3. The van der Waals surface area contributed by atoms with E-state index >= 15 is 0 Å². The molecular weight excluding hydrogens is 593 g/mol. The van der Waals surface area contributed by atoms with Gasteiger partial charge in [0.15, 0.2) is 0 Å². The third-order valence-corrected chi connectivity index (χ3v) is 8.45. The van der Waals surface area contributed by atoms with Gasteiger partial charge in [-0.05, 0) is 55.2 Å². The van der Waals surface area contributed by atoms with Crippen molar-refractivity contribution in [1.29, 1.82) is 0 Å². The summed E-state index contributed by atoms with van der Waals surface area (Å²) < 4.78 is 59.6. The number of hydrogen-bond donors (Lipinski definition) is 2. The summed E-state index contributed by atoms with van der Waals surface area (Å²) in [4.78, 5) is 36.4. The predicted molar refractivity (Wildman–Crippen MR) is 157 cm³/mol. The number of halogens is 3. The highest BCUT2D eigenvalue weighted by molar-refractivity contribution is 5.99. The van der Waals surface area contributed by atoms with Gasteiger partial charge in [0.05, 0.1) is 25.1 Å². The fraction of sp³-hybridized carbons (Fsp3) is 0.364. The Balaban J connectivity index is 1.33. The van der Waals surface area contributed by atoms with Gasteiger partial charge in [0.25, 0.3) is 0 Å². The summed E-state index contributed by atoms with van der Waals surface area (Å²) in [6.07, 6.45) is -4.17. The quantitative estimate of drug-likeness (QED) is 0.335. The molecule has 0 saturated carbocycles. The van der Waals surface area contributed by atoms with Gasteiger partial charge in [-0.3, -0.25) is 19.3 Å². The summed E-state index contributed by atoms with van der Waals surface area (Å²) in [5, 5.41) is 12.1. The largest absolute Gasteiger partial charge is 0.493 e. The van der Waals surface area contributed by atoms with Crippen molar-refractivity contribution in [1.82, 2.24) is 5.32 Å². The summed E-state index contributed by atoms with van der Waals surface area (Å²) >= 11 is 0. The number of hydrogen-bond acceptors (Lipinski definition) is 6. The number of aliphatic carboxylic acids is 1. The summed E-state index contributed by atoms with van der Waals surface area (Å²) in [6, 6.07) is 12.1. The molecule has 3 atom stereocenters. The predicted octanol–water partition coefficient (Wildman–Crippen LogP) is 5.61. The van der Waals surface area contributed by atoms with Crippen LogP contribution in [0.4, 0.5) is 18.9 Å². The zero-order valence-electron chi connectivity index (χ0n) is 24.6. The fourth-order valence-electron chi connectivity index (χ4n) is 6.44. The Morgan fingerprint density at radius 1 is 1.04 bits per heavy atom. The maximum atomic E-state index is 14.0. The molecule has 2 N–H and O–H groups in total. The number of carboxylic acid groups (broad SMARTS) is 1. The van der Waals surface area contributed by atoms with E-state index in [1.165, 1.54) is 18.2 Å². The molecule has 45 heavy (non-hydrogen) atoms. The van der Waals surface area contributed by atoms with E-state index < -0.39 is 30.0 Å². The van der Waals surface area contributed by atoms with E-state index in [2.05, 4.69) is 5.32 Å². The first-order valence-corrected chi connectivity index (χ1v) is 14.6. The van der Waals surface area contributed by atoms with Gasteiger partial charge in [-0.25, -0.2) is 0 Å². The summed E-state index contributed by atoms with van der Waals surface area (Å²) in [6.45, 7) is 4.02.